The third-order valence-corrected chi connectivity index (χ3v) is 9.18. The van der Waals surface area contributed by atoms with E-state index < -0.39 is 0 Å². The monoisotopic (exact) mass is 580 g/mol. The molecular weight excluding hydrogens is 532 g/mol. The SMILES string of the molecule is Clc1ccc(OCc2nc3c(OCCCCCC4CCNCC4)cccc3n2CCCCCC2CCNCC2)cc1. The summed E-state index contributed by atoms with van der Waals surface area (Å²) < 4.78 is 14.8. The summed E-state index contributed by atoms with van der Waals surface area (Å²) in [6.07, 6.45) is 15.4. The van der Waals surface area contributed by atoms with Crippen LogP contribution in [0.5, 0.6) is 11.5 Å². The second kappa shape index (κ2) is 16.4. The van der Waals surface area contributed by atoms with E-state index in [4.69, 9.17) is 26.1 Å². The number of imidazole rings is 1. The van der Waals surface area contributed by atoms with Crippen LogP contribution < -0.4 is 20.1 Å². The number of nitrogens with zero attached hydrogens (tertiary/aromatic N) is 2. The first-order chi connectivity index (χ1) is 20.3. The third-order valence-electron chi connectivity index (χ3n) is 8.93. The van der Waals surface area contributed by atoms with Crippen molar-refractivity contribution in [2.45, 2.75) is 90.2 Å². The van der Waals surface area contributed by atoms with Gasteiger partial charge in [0.15, 0.2) is 0 Å². The Labute approximate surface area is 251 Å². The smallest absolute Gasteiger partial charge is 0.148 e. The maximum Gasteiger partial charge on any atom is 0.148 e. The Kier molecular flexibility index (Phi) is 12.1. The molecule has 41 heavy (non-hydrogen) atoms. The molecule has 7 heteroatoms. The van der Waals surface area contributed by atoms with E-state index in [1.807, 2.05) is 24.3 Å². The quantitative estimate of drug-likeness (QED) is 0.169. The van der Waals surface area contributed by atoms with Crippen molar-refractivity contribution in [1.82, 2.24) is 20.2 Å². The summed E-state index contributed by atoms with van der Waals surface area (Å²) in [5.74, 6) is 4.45. The molecule has 2 aromatic carbocycles. The topological polar surface area (TPSA) is 60.3 Å². The number of aryl methyl sites for hydroxylation is 1. The van der Waals surface area contributed by atoms with Gasteiger partial charge >= 0.3 is 0 Å². The number of aromatic nitrogens is 2. The lowest BCUT2D eigenvalue weighted by Gasteiger charge is -2.22. The summed E-state index contributed by atoms with van der Waals surface area (Å²) >= 11 is 6.07. The maximum atomic E-state index is 6.32. The average molecular weight is 581 g/mol. The normalized spacial score (nSPS) is 16.8. The van der Waals surface area contributed by atoms with Gasteiger partial charge in [0.05, 0.1) is 12.1 Å². The van der Waals surface area contributed by atoms with Crippen LogP contribution in [0.4, 0.5) is 0 Å². The standard InChI is InChI=1S/C34H49ClN4O2/c35-29-12-14-30(15-13-29)41-26-33-38-34-31(39(33)24-5-1-3-8-27-16-20-36-21-17-27)10-7-11-32(34)40-25-6-2-4-9-28-18-22-37-23-19-28/h7,10-15,27-28,36-37H,1-6,8-9,16-26H2. The second-order valence-corrected chi connectivity index (χ2v) is 12.4. The third kappa shape index (κ3) is 9.36. The van der Waals surface area contributed by atoms with Crippen LogP contribution in [-0.2, 0) is 13.2 Å². The van der Waals surface area contributed by atoms with Crippen LogP contribution in [-0.4, -0.2) is 42.3 Å². The van der Waals surface area contributed by atoms with E-state index in [0.29, 0.717) is 11.6 Å². The number of piperidine rings is 2. The van der Waals surface area contributed by atoms with E-state index in [0.717, 1.165) is 66.2 Å². The number of nitrogens with one attached hydrogen (secondary N) is 2. The lowest BCUT2D eigenvalue weighted by atomic mass is 9.92. The molecule has 0 aliphatic carbocycles. The Morgan fingerprint density at radius 1 is 0.756 bits per heavy atom. The Bertz CT molecular complexity index is 1170. The summed E-state index contributed by atoms with van der Waals surface area (Å²) in [6, 6.07) is 13.9. The zero-order valence-electron chi connectivity index (χ0n) is 24.7. The number of benzene rings is 2. The zero-order valence-corrected chi connectivity index (χ0v) is 25.5. The lowest BCUT2D eigenvalue weighted by Crippen LogP contribution is -2.27. The van der Waals surface area contributed by atoms with Crippen LogP contribution in [0.15, 0.2) is 42.5 Å². The van der Waals surface area contributed by atoms with Crippen molar-refractivity contribution in [1.29, 1.82) is 0 Å². The number of fused-ring (bicyclic) bond motifs is 1. The van der Waals surface area contributed by atoms with Gasteiger partial charge < -0.3 is 24.7 Å². The molecule has 0 atom stereocenters. The molecule has 0 saturated carbocycles. The van der Waals surface area contributed by atoms with Crippen molar-refractivity contribution in [3.8, 4) is 11.5 Å². The molecule has 0 bridgehead atoms. The van der Waals surface area contributed by atoms with Gasteiger partial charge in [0.2, 0.25) is 0 Å². The molecule has 224 valence electrons. The van der Waals surface area contributed by atoms with Crippen LogP contribution in [0.25, 0.3) is 11.0 Å². The predicted octanol–water partition coefficient (Wildman–Crippen LogP) is 7.77. The number of hydrogen-bond donors (Lipinski definition) is 2. The fraction of sp³-hybridized carbons (Fsp3) is 0.618. The summed E-state index contributed by atoms with van der Waals surface area (Å²) in [6.45, 7) is 6.86. The first-order valence-corrected chi connectivity index (χ1v) is 16.5. The molecule has 2 N–H and O–H groups in total. The predicted molar refractivity (Wildman–Crippen MR) is 169 cm³/mol. The highest BCUT2D eigenvalue weighted by molar-refractivity contribution is 6.30. The summed E-state index contributed by atoms with van der Waals surface area (Å²) in [7, 11) is 0. The number of ether oxygens (including phenoxy) is 2. The van der Waals surface area contributed by atoms with Crippen molar-refractivity contribution in [2.24, 2.45) is 11.8 Å². The van der Waals surface area contributed by atoms with Gasteiger partial charge in [-0.1, -0.05) is 56.2 Å². The Balaban J connectivity index is 1.17. The van der Waals surface area contributed by atoms with Crippen LogP contribution in [0.3, 0.4) is 0 Å². The highest BCUT2D eigenvalue weighted by Crippen LogP contribution is 2.29. The van der Waals surface area contributed by atoms with Gasteiger partial charge in [-0.2, -0.15) is 0 Å². The highest BCUT2D eigenvalue weighted by atomic mass is 35.5. The second-order valence-electron chi connectivity index (χ2n) is 12.0. The summed E-state index contributed by atoms with van der Waals surface area (Å²) in [5.41, 5.74) is 2.09. The van der Waals surface area contributed by atoms with Gasteiger partial charge in [0.1, 0.15) is 29.4 Å². The van der Waals surface area contributed by atoms with Gasteiger partial charge in [-0.05, 0) is 113 Å². The van der Waals surface area contributed by atoms with Crippen molar-refractivity contribution in [2.75, 3.05) is 32.8 Å². The molecule has 3 heterocycles. The van der Waals surface area contributed by atoms with E-state index >= 15 is 0 Å². The van der Waals surface area contributed by atoms with Gasteiger partial charge in [0, 0.05) is 11.6 Å². The van der Waals surface area contributed by atoms with Gasteiger partial charge in [-0.15, -0.1) is 0 Å². The number of unbranched alkanes of at least 4 members (excludes halogenated alkanes) is 4. The molecule has 2 saturated heterocycles. The molecule has 0 amide bonds. The maximum absolute atomic E-state index is 6.32. The fourth-order valence-electron chi connectivity index (χ4n) is 6.44. The Hall–Kier alpha value is -2.28. The van der Waals surface area contributed by atoms with Gasteiger partial charge in [-0.3, -0.25) is 0 Å². The van der Waals surface area contributed by atoms with E-state index in [1.54, 1.807) is 0 Å². The van der Waals surface area contributed by atoms with Crippen LogP contribution in [0.1, 0.15) is 82.9 Å². The minimum atomic E-state index is 0.418. The van der Waals surface area contributed by atoms with E-state index in [-0.39, 0.29) is 0 Å². The fourth-order valence-corrected chi connectivity index (χ4v) is 6.56. The lowest BCUT2D eigenvalue weighted by molar-refractivity contribution is 0.288. The Morgan fingerprint density at radius 3 is 2.10 bits per heavy atom. The van der Waals surface area contributed by atoms with E-state index in [1.165, 1.54) is 90.4 Å². The highest BCUT2D eigenvalue weighted by Gasteiger charge is 2.17. The minimum Gasteiger partial charge on any atom is -0.491 e. The molecule has 0 unspecified atom stereocenters. The first-order valence-electron chi connectivity index (χ1n) is 16.2. The van der Waals surface area contributed by atoms with Gasteiger partial charge in [-0.25, -0.2) is 4.98 Å². The molecular formula is C34H49ClN4O2. The Morgan fingerprint density at radius 2 is 1.41 bits per heavy atom. The molecule has 6 nitrogen and oxygen atoms in total. The molecule has 0 radical (unpaired) electrons. The number of halogens is 1. The van der Waals surface area contributed by atoms with Crippen molar-refractivity contribution in [3.05, 3.63) is 53.3 Å². The largest absolute Gasteiger partial charge is 0.491 e. The minimum absolute atomic E-state index is 0.418. The molecule has 0 spiro atoms. The van der Waals surface area contributed by atoms with Crippen LogP contribution in [0, 0.1) is 11.8 Å². The van der Waals surface area contributed by atoms with Crippen molar-refractivity contribution >= 4 is 22.6 Å². The van der Waals surface area contributed by atoms with E-state index in [9.17, 15) is 0 Å². The number of hydrogen-bond acceptors (Lipinski definition) is 5. The molecule has 3 aromatic rings. The summed E-state index contributed by atoms with van der Waals surface area (Å²) in [5, 5.41) is 7.66. The molecule has 5 rings (SSSR count). The van der Waals surface area contributed by atoms with E-state index in [2.05, 4.69) is 33.4 Å². The number of para-hydroxylation sites is 1. The van der Waals surface area contributed by atoms with Crippen LogP contribution >= 0.6 is 11.6 Å². The molecule has 2 aliphatic rings. The summed E-state index contributed by atoms with van der Waals surface area (Å²) in [4.78, 5) is 5.07. The van der Waals surface area contributed by atoms with Crippen molar-refractivity contribution in [3.63, 3.8) is 0 Å². The molecule has 2 fully saturated rings. The van der Waals surface area contributed by atoms with Crippen LogP contribution in [0.2, 0.25) is 5.02 Å². The number of rotatable bonds is 16. The molecule has 2 aliphatic heterocycles. The first kappa shape index (κ1) is 30.2. The van der Waals surface area contributed by atoms with Crippen molar-refractivity contribution < 1.29 is 9.47 Å². The average Bonchev–Trinajstić information content (AvgIpc) is 3.37. The van der Waals surface area contributed by atoms with Gasteiger partial charge in [0.25, 0.3) is 0 Å². The zero-order chi connectivity index (χ0) is 28.1. The molecule has 1 aromatic heterocycles.